The lowest BCUT2D eigenvalue weighted by Gasteiger charge is -2.26. The molecule has 2 amide bonds. The molecule has 2 fully saturated rings. The molecular formula is C11H18N2O3. The molecule has 2 aliphatic heterocycles. The van der Waals surface area contributed by atoms with Gasteiger partial charge in [0, 0.05) is 27.5 Å². The predicted octanol–water partition coefficient (Wildman–Crippen LogP) is 1.82. The highest BCUT2D eigenvalue weighted by Crippen LogP contribution is 2.12. The Morgan fingerprint density at radius 2 is 1.44 bits per heavy atom. The van der Waals surface area contributed by atoms with Gasteiger partial charge in [0.1, 0.15) is 0 Å². The van der Waals surface area contributed by atoms with Crippen LogP contribution in [0.4, 0.5) is 9.59 Å². The monoisotopic (exact) mass is 227 g/mol. The Kier molecular flexibility index (Phi) is 3.22. The van der Waals surface area contributed by atoms with Crippen LogP contribution in [0, 0.1) is 0 Å². The lowest BCUT2D eigenvalue weighted by molar-refractivity contribution is 0.0939. The normalized spacial score (nSPS) is 26.5. The van der Waals surface area contributed by atoms with Crippen molar-refractivity contribution in [2.75, 3.05) is 26.2 Å². The van der Waals surface area contributed by atoms with E-state index in [1.807, 2.05) is 0 Å². The standard InChI is InChI=1S/C11H18N2O3/c14-10(12-6-2-1-3-7-12)16-11(15)13-8-4-5-9-13/h1-9H2/i6D. The van der Waals surface area contributed by atoms with Crippen molar-refractivity contribution < 1.29 is 15.7 Å². The van der Waals surface area contributed by atoms with E-state index in [9.17, 15) is 9.59 Å². The fourth-order valence-electron chi connectivity index (χ4n) is 2.03. The zero-order chi connectivity index (χ0) is 12.3. The summed E-state index contributed by atoms with van der Waals surface area (Å²) in [5, 5.41) is 0. The quantitative estimate of drug-likeness (QED) is 0.593. The molecule has 2 heterocycles. The van der Waals surface area contributed by atoms with Gasteiger partial charge in [-0.2, -0.15) is 0 Å². The largest absolute Gasteiger partial charge is 0.418 e. The maximum absolute atomic E-state index is 11.7. The summed E-state index contributed by atoms with van der Waals surface area (Å²) in [5.74, 6) is 0. The summed E-state index contributed by atoms with van der Waals surface area (Å²) in [6.45, 7) is 1.27. The molecule has 2 saturated heterocycles. The van der Waals surface area contributed by atoms with Crippen molar-refractivity contribution in [3.63, 3.8) is 0 Å². The molecule has 0 aromatic rings. The predicted molar refractivity (Wildman–Crippen MR) is 58.1 cm³/mol. The Morgan fingerprint density at radius 3 is 2.12 bits per heavy atom. The first kappa shape index (κ1) is 9.93. The Morgan fingerprint density at radius 1 is 0.875 bits per heavy atom. The van der Waals surface area contributed by atoms with Gasteiger partial charge >= 0.3 is 12.2 Å². The number of carbonyl (C=O) groups is 2. The number of rotatable bonds is 0. The summed E-state index contributed by atoms with van der Waals surface area (Å²) in [6, 6.07) is 0. The molecular weight excluding hydrogens is 208 g/mol. The molecule has 0 aromatic heterocycles. The number of hydrogen-bond donors (Lipinski definition) is 0. The molecule has 5 nitrogen and oxygen atoms in total. The third-order valence-corrected chi connectivity index (χ3v) is 2.98. The van der Waals surface area contributed by atoms with Crippen molar-refractivity contribution >= 4 is 12.2 Å². The third-order valence-electron chi connectivity index (χ3n) is 2.98. The number of amides is 2. The van der Waals surface area contributed by atoms with Crippen molar-refractivity contribution in [1.82, 2.24) is 9.80 Å². The molecule has 0 radical (unpaired) electrons. The van der Waals surface area contributed by atoms with Crippen molar-refractivity contribution in [3.05, 3.63) is 0 Å². The van der Waals surface area contributed by atoms with E-state index in [1.54, 1.807) is 4.90 Å². The molecule has 16 heavy (non-hydrogen) atoms. The number of ether oxygens (including phenoxy) is 1. The van der Waals surface area contributed by atoms with Crippen molar-refractivity contribution in [2.45, 2.75) is 32.1 Å². The molecule has 1 unspecified atom stereocenters. The number of carbonyl (C=O) groups excluding carboxylic acids is 2. The number of likely N-dealkylation sites (tertiary alicyclic amines) is 2. The van der Waals surface area contributed by atoms with Crippen LogP contribution in [0.5, 0.6) is 0 Å². The van der Waals surface area contributed by atoms with Crippen LogP contribution in [-0.2, 0) is 4.74 Å². The SMILES string of the molecule is [2H]C1CCCCN1C(=O)OC(=O)N1CCCC1. The zero-order valence-electron chi connectivity index (χ0n) is 10.4. The Labute approximate surface area is 96.7 Å². The number of hydrogen-bond acceptors (Lipinski definition) is 3. The summed E-state index contributed by atoms with van der Waals surface area (Å²) >= 11 is 0. The topological polar surface area (TPSA) is 49.9 Å². The minimum atomic E-state index is -0.665. The van der Waals surface area contributed by atoms with Crippen LogP contribution < -0.4 is 0 Å². The first-order chi connectivity index (χ1) is 8.18. The number of nitrogens with zero attached hydrogens (tertiary/aromatic N) is 2. The molecule has 0 aromatic carbocycles. The second kappa shape index (κ2) is 5.18. The zero-order valence-corrected chi connectivity index (χ0v) is 9.35. The van der Waals surface area contributed by atoms with E-state index in [1.165, 1.54) is 4.90 Å². The fraction of sp³-hybridized carbons (Fsp3) is 0.818. The van der Waals surface area contributed by atoms with E-state index >= 15 is 0 Å². The maximum Gasteiger partial charge on any atom is 0.418 e. The average molecular weight is 227 g/mol. The van der Waals surface area contributed by atoms with E-state index in [4.69, 9.17) is 6.11 Å². The highest BCUT2D eigenvalue weighted by Gasteiger charge is 2.25. The summed E-state index contributed by atoms with van der Waals surface area (Å²) in [7, 11) is 0. The van der Waals surface area contributed by atoms with Crippen LogP contribution in [0.1, 0.15) is 33.5 Å². The minimum Gasteiger partial charge on any atom is -0.359 e. The molecule has 0 bridgehead atoms. The molecule has 0 spiro atoms. The van der Waals surface area contributed by atoms with Crippen LogP contribution >= 0.6 is 0 Å². The lowest BCUT2D eigenvalue weighted by atomic mass is 10.1. The summed E-state index contributed by atoms with van der Waals surface area (Å²) < 4.78 is 12.5. The van der Waals surface area contributed by atoms with Gasteiger partial charge in [-0.25, -0.2) is 9.59 Å². The summed E-state index contributed by atoms with van der Waals surface area (Å²) in [6.07, 6.45) is 3.20. The van der Waals surface area contributed by atoms with Crippen LogP contribution in [0.25, 0.3) is 0 Å². The second-order valence-corrected chi connectivity index (χ2v) is 4.20. The molecule has 2 rings (SSSR count). The van der Waals surface area contributed by atoms with Crippen molar-refractivity contribution in [1.29, 1.82) is 0 Å². The summed E-state index contributed by atoms with van der Waals surface area (Å²) in [5.41, 5.74) is 0. The van der Waals surface area contributed by atoms with Crippen molar-refractivity contribution in [2.24, 2.45) is 0 Å². The molecule has 90 valence electrons. The lowest BCUT2D eigenvalue weighted by Crippen LogP contribution is -2.40. The molecule has 0 saturated carbocycles. The highest BCUT2D eigenvalue weighted by atomic mass is 16.6. The van der Waals surface area contributed by atoms with E-state index in [2.05, 4.69) is 0 Å². The van der Waals surface area contributed by atoms with Crippen LogP contribution in [0.2, 0.25) is 0 Å². The van der Waals surface area contributed by atoms with Crippen LogP contribution in [0.15, 0.2) is 0 Å². The van der Waals surface area contributed by atoms with E-state index in [-0.39, 0.29) is 0 Å². The minimum absolute atomic E-state index is 0.514. The van der Waals surface area contributed by atoms with Crippen LogP contribution in [0.3, 0.4) is 0 Å². The fourth-order valence-corrected chi connectivity index (χ4v) is 2.03. The third kappa shape index (κ3) is 2.65. The van der Waals surface area contributed by atoms with Crippen LogP contribution in [-0.4, -0.2) is 48.1 Å². The van der Waals surface area contributed by atoms with Gasteiger partial charge in [-0.3, -0.25) is 0 Å². The van der Waals surface area contributed by atoms with Gasteiger partial charge in [-0.15, -0.1) is 0 Å². The Hall–Kier alpha value is -1.26. The second-order valence-electron chi connectivity index (χ2n) is 4.20. The molecule has 0 aliphatic carbocycles. The molecule has 2 aliphatic rings. The average Bonchev–Trinajstić information content (AvgIpc) is 2.82. The Balaban J connectivity index is 1.84. The first-order valence-electron chi connectivity index (χ1n) is 6.46. The first-order valence-corrected chi connectivity index (χ1v) is 5.88. The van der Waals surface area contributed by atoms with E-state index < -0.39 is 18.7 Å². The van der Waals surface area contributed by atoms with Crippen molar-refractivity contribution in [3.8, 4) is 0 Å². The van der Waals surface area contributed by atoms with Gasteiger partial charge in [-0.05, 0) is 32.1 Å². The van der Waals surface area contributed by atoms with Gasteiger partial charge < -0.3 is 14.5 Å². The highest BCUT2D eigenvalue weighted by molar-refractivity contribution is 5.83. The van der Waals surface area contributed by atoms with Gasteiger partial charge in [0.05, 0.1) is 0 Å². The summed E-state index contributed by atoms with van der Waals surface area (Å²) in [4.78, 5) is 26.2. The Bertz CT molecular complexity index is 305. The van der Waals surface area contributed by atoms with Gasteiger partial charge in [0.25, 0.3) is 0 Å². The molecule has 0 N–H and O–H groups in total. The smallest absolute Gasteiger partial charge is 0.359 e. The van der Waals surface area contributed by atoms with Gasteiger partial charge in [0.15, 0.2) is 0 Å². The van der Waals surface area contributed by atoms with E-state index in [0.29, 0.717) is 26.1 Å². The molecule has 5 heteroatoms. The van der Waals surface area contributed by atoms with Gasteiger partial charge in [-0.1, -0.05) is 0 Å². The van der Waals surface area contributed by atoms with Gasteiger partial charge in [0.2, 0.25) is 0 Å². The maximum atomic E-state index is 11.7. The van der Waals surface area contributed by atoms with E-state index in [0.717, 1.165) is 25.7 Å². The number of piperidine rings is 1. The molecule has 1 atom stereocenters.